The van der Waals surface area contributed by atoms with Crippen molar-refractivity contribution in [3.63, 3.8) is 0 Å². The lowest BCUT2D eigenvalue weighted by atomic mass is 10.1. The van der Waals surface area contributed by atoms with Crippen LogP contribution in [-0.2, 0) is 0 Å². The number of imidazole rings is 1. The summed E-state index contributed by atoms with van der Waals surface area (Å²) in [5.41, 5.74) is 1.19. The topological polar surface area (TPSA) is 107 Å². The molecule has 7 nitrogen and oxygen atoms in total. The van der Waals surface area contributed by atoms with Crippen molar-refractivity contribution in [3.05, 3.63) is 17.3 Å². The fourth-order valence-electron chi connectivity index (χ4n) is 2.18. The fraction of sp³-hybridized carbons (Fsp3) is 0.500. The Labute approximate surface area is 117 Å². The number of aliphatic hydroxyl groups is 3. The lowest BCUT2D eigenvalue weighted by Crippen LogP contribution is -2.32. The van der Waals surface area contributed by atoms with Crippen molar-refractivity contribution in [2.75, 3.05) is 6.61 Å². The van der Waals surface area contributed by atoms with Gasteiger partial charge < -0.3 is 24.9 Å². The third kappa shape index (κ3) is 1.98. The van der Waals surface area contributed by atoms with Gasteiger partial charge in [0.25, 0.3) is 0 Å². The van der Waals surface area contributed by atoms with Crippen LogP contribution in [0.5, 0.6) is 0 Å². The van der Waals surface area contributed by atoms with E-state index >= 15 is 0 Å². The van der Waals surface area contributed by atoms with Crippen molar-refractivity contribution in [3.8, 4) is 0 Å². The zero-order chi connectivity index (χ0) is 13.6. The summed E-state index contributed by atoms with van der Waals surface area (Å²) >= 11 is 6.38. The number of nitrogens with zero attached hydrogens (tertiary/aromatic N) is 3. The maximum atomic E-state index is 10.1. The average molecular weight is 300 g/mol. The Kier molecular flexibility index (Phi) is 3.31. The molecular weight excluding hydrogens is 288 g/mol. The molecule has 3 heterocycles. The number of nitrogens with one attached hydrogen (secondary N) is 1. The first-order valence-corrected chi connectivity index (χ1v) is 7.01. The van der Waals surface area contributed by atoms with Gasteiger partial charge in [0.2, 0.25) is 0 Å². The van der Waals surface area contributed by atoms with Crippen molar-refractivity contribution in [2.24, 2.45) is 0 Å². The van der Waals surface area contributed by atoms with E-state index in [-0.39, 0.29) is 6.61 Å². The van der Waals surface area contributed by atoms with Gasteiger partial charge in [0.05, 0.1) is 30.6 Å². The Morgan fingerprint density at radius 3 is 2.84 bits per heavy atom. The van der Waals surface area contributed by atoms with Gasteiger partial charge in [0, 0.05) is 0 Å². The molecule has 0 amide bonds. The number of aromatic nitrogens is 4. The van der Waals surface area contributed by atoms with Gasteiger partial charge in [0.15, 0.2) is 4.64 Å². The standard InChI is InChI=1S/C10H12N4O3S2/c15-1-4-6(16)7(17)10(19-4)14-3-13-5-8(14)11-2-12-9(5)18/h2-4,6-7,10,15-17H,1H2,(H,11,12,18)/t4-,6-,7-,10-/m1/s1. The number of hydrogen-bond donors (Lipinski definition) is 4. The van der Waals surface area contributed by atoms with Gasteiger partial charge in [-0.15, -0.1) is 11.8 Å². The second-order valence-corrected chi connectivity index (χ2v) is 6.03. The van der Waals surface area contributed by atoms with Gasteiger partial charge in [-0.05, 0) is 0 Å². The van der Waals surface area contributed by atoms with E-state index in [0.717, 1.165) is 0 Å². The van der Waals surface area contributed by atoms with Gasteiger partial charge in [0.1, 0.15) is 22.6 Å². The van der Waals surface area contributed by atoms with E-state index < -0.39 is 22.8 Å². The largest absolute Gasteiger partial charge is 0.395 e. The van der Waals surface area contributed by atoms with Crippen LogP contribution in [0.4, 0.5) is 0 Å². The maximum absolute atomic E-state index is 10.1. The summed E-state index contributed by atoms with van der Waals surface area (Å²) in [6, 6.07) is 0. The summed E-state index contributed by atoms with van der Waals surface area (Å²) in [5, 5.41) is 28.3. The third-order valence-corrected chi connectivity index (χ3v) is 5.03. The summed E-state index contributed by atoms with van der Waals surface area (Å²) < 4.78 is 2.09. The second-order valence-electron chi connectivity index (χ2n) is 4.29. The SMILES string of the molecule is OC[C@H]1S[C@@H](n2cnc3c(=S)nc[nH]c32)[C@H](O)[C@@H]1O. The monoisotopic (exact) mass is 300 g/mol. The first-order chi connectivity index (χ1) is 9.13. The number of fused-ring (bicyclic) bond motifs is 1. The zero-order valence-electron chi connectivity index (χ0n) is 9.67. The normalized spacial score (nSPS) is 31.1. The minimum Gasteiger partial charge on any atom is -0.395 e. The number of aromatic amines is 1. The van der Waals surface area contributed by atoms with Crippen molar-refractivity contribution >= 4 is 35.1 Å². The van der Waals surface area contributed by atoms with Crippen molar-refractivity contribution < 1.29 is 15.3 Å². The molecule has 1 aliphatic heterocycles. The highest BCUT2D eigenvalue weighted by Crippen LogP contribution is 2.42. The van der Waals surface area contributed by atoms with Crippen molar-refractivity contribution in [1.29, 1.82) is 0 Å². The molecule has 1 saturated heterocycles. The Bertz CT molecular complexity index is 658. The number of rotatable bonds is 2. The number of aliphatic hydroxyl groups excluding tert-OH is 3. The molecule has 0 saturated carbocycles. The van der Waals surface area contributed by atoms with E-state index in [2.05, 4.69) is 15.0 Å². The molecular formula is C10H12N4O3S2. The number of hydrogen-bond acceptors (Lipinski definition) is 7. The molecule has 3 rings (SSSR count). The highest BCUT2D eigenvalue weighted by atomic mass is 32.2. The predicted octanol–water partition coefficient (Wildman–Crippen LogP) is -0.183. The highest BCUT2D eigenvalue weighted by Gasteiger charge is 2.43. The van der Waals surface area contributed by atoms with Gasteiger partial charge >= 0.3 is 0 Å². The first-order valence-electron chi connectivity index (χ1n) is 5.66. The summed E-state index contributed by atoms with van der Waals surface area (Å²) in [6.07, 6.45) is 1.07. The minimum atomic E-state index is -0.977. The van der Waals surface area contributed by atoms with E-state index in [4.69, 9.17) is 12.2 Å². The molecule has 19 heavy (non-hydrogen) atoms. The molecule has 0 aliphatic carbocycles. The average Bonchev–Trinajstić information content (AvgIpc) is 2.94. The van der Waals surface area contributed by atoms with Crippen LogP contribution < -0.4 is 0 Å². The molecule has 4 atom stereocenters. The Morgan fingerprint density at radius 1 is 1.37 bits per heavy atom. The van der Waals surface area contributed by atoms with E-state index in [1.54, 1.807) is 10.9 Å². The molecule has 2 aromatic rings. The van der Waals surface area contributed by atoms with Gasteiger partial charge in [-0.2, -0.15) is 0 Å². The van der Waals surface area contributed by atoms with Gasteiger partial charge in [-0.25, -0.2) is 9.97 Å². The van der Waals surface area contributed by atoms with Crippen LogP contribution in [0.25, 0.3) is 11.2 Å². The Hall–Kier alpha value is -1.00. The molecule has 0 bridgehead atoms. The molecule has 9 heteroatoms. The molecule has 0 unspecified atom stereocenters. The van der Waals surface area contributed by atoms with Crippen LogP contribution in [-0.4, -0.2) is 58.9 Å². The van der Waals surface area contributed by atoms with Crippen molar-refractivity contribution in [2.45, 2.75) is 22.8 Å². The molecule has 0 radical (unpaired) electrons. The van der Waals surface area contributed by atoms with Crippen LogP contribution in [0.3, 0.4) is 0 Å². The lowest BCUT2D eigenvalue weighted by molar-refractivity contribution is 0.0113. The quantitative estimate of drug-likeness (QED) is 0.570. The Morgan fingerprint density at radius 2 is 2.16 bits per heavy atom. The van der Waals surface area contributed by atoms with Crippen LogP contribution in [0.1, 0.15) is 5.37 Å². The van der Waals surface area contributed by atoms with E-state index in [0.29, 0.717) is 15.8 Å². The summed E-state index contributed by atoms with van der Waals surface area (Å²) in [6.45, 7) is -0.191. The molecule has 1 fully saturated rings. The zero-order valence-corrected chi connectivity index (χ0v) is 11.3. The van der Waals surface area contributed by atoms with Gasteiger partial charge in [-0.3, -0.25) is 0 Å². The first kappa shape index (κ1) is 13.0. The third-order valence-electron chi connectivity index (χ3n) is 3.17. The molecule has 4 N–H and O–H groups in total. The summed E-state index contributed by atoms with van der Waals surface area (Å²) in [7, 11) is 0. The maximum Gasteiger partial charge on any atom is 0.157 e. The molecule has 0 spiro atoms. The smallest absolute Gasteiger partial charge is 0.157 e. The second kappa shape index (κ2) is 4.84. The highest BCUT2D eigenvalue weighted by molar-refractivity contribution is 8.00. The van der Waals surface area contributed by atoms with Crippen LogP contribution in [0.2, 0.25) is 0 Å². The summed E-state index contributed by atoms with van der Waals surface area (Å²) in [4.78, 5) is 11.0. The number of thioether (sulfide) groups is 1. The fourth-order valence-corrected chi connectivity index (χ4v) is 3.76. The van der Waals surface area contributed by atoms with Crippen LogP contribution in [0, 0.1) is 4.64 Å². The van der Waals surface area contributed by atoms with Crippen molar-refractivity contribution in [1.82, 2.24) is 19.5 Å². The summed E-state index contributed by atoms with van der Waals surface area (Å²) in [5.74, 6) is 0. The molecule has 0 aromatic carbocycles. The molecule has 2 aromatic heterocycles. The van der Waals surface area contributed by atoms with E-state index in [1.807, 2.05) is 0 Å². The lowest BCUT2D eigenvalue weighted by Gasteiger charge is -2.17. The Balaban J connectivity index is 2.06. The molecule has 102 valence electrons. The van der Waals surface area contributed by atoms with Crippen LogP contribution in [0.15, 0.2) is 12.7 Å². The minimum absolute atomic E-state index is 0.191. The number of H-pyrrole nitrogens is 1. The van der Waals surface area contributed by atoms with Crippen LogP contribution >= 0.6 is 24.0 Å². The predicted molar refractivity (Wildman–Crippen MR) is 72.2 cm³/mol. The van der Waals surface area contributed by atoms with E-state index in [9.17, 15) is 15.3 Å². The van der Waals surface area contributed by atoms with E-state index in [1.165, 1.54) is 18.1 Å². The van der Waals surface area contributed by atoms with Gasteiger partial charge in [-0.1, -0.05) is 12.2 Å². The molecule has 1 aliphatic rings.